The molecule has 1 fully saturated rings. The first-order chi connectivity index (χ1) is 13.9. The predicted octanol–water partition coefficient (Wildman–Crippen LogP) is 5.90. The second-order valence-corrected chi connectivity index (χ2v) is 8.86. The molecule has 0 aromatic heterocycles. The SMILES string of the molecule is CN(C)c1ccc(/C=C2\SC(=O)N(Cc3cccc4ccccc34)C2=O)cc1Br. The van der Waals surface area contributed by atoms with Gasteiger partial charge in [-0.15, -0.1) is 0 Å². The van der Waals surface area contributed by atoms with Crippen molar-refractivity contribution >= 4 is 61.4 Å². The topological polar surface area (TPSA) is 40.6 Å². The summed E-state index contributed by atoms with van der Waals surface area (Å²) in [6.45, 7) is 0.270. The summed E-state index contributed by atoms with van der Waals surface area (Å²) >= 11 is 4.55. The minimum Gasteiger partial charge on any atom is -0.377 e. The highest BCUT2D eigenvalue weighted by Crippen LogP contribution is 2.35. The fourth-order valence-corrected chi connectivity index (χ4v) is 4.95. The molecule has 6 heteroatoms. The molecule has 0 atom stereocenters. The van der Waals surface area contributed by atoms with Crippen LogP contribution in [0.25, 0.3) is 16.8 Å². The summed E-state index contributed by atoms with van der Waals surface area (Å²) in [5, 5.41) is 1.91. The molecule has 0 N–H and O–H groups in total. The van der Waals surface area contributed by atoms with Gasteiger partial charge in [0.15, 0.2) is 0 Å². The highest BCUT2D eigenvalue weighted by atomic mass is 79.9. The van der Waals surface area contributed by atoms with E-state index in [1.165, 1.54) is 4.90 Å². The summed E-state index contributed by atoms with van der Waals surface area (Å²) in [5.74, 6) is -0.249. The molecule has 1 aliphatic heterocycles. The van der Waals surface area contributed by atoms with Crippen molar-refractivity contribution in [3.8, 4) is 0 Å². The third kappa shape index (κ3) is 3.95. The number of carbonyl (C=O) groups excluding carboxylic acids is 2. The smallest absolute Gasteiger partial charge is 0.293 e. The van der Waals surface area contributed by atoms with Crippen molar-refractivity contribution in [2.45, 2.75) is 6.54 Å². The van der Waals surface area contributed by atoms with Gasteiger partial charge >= 0.3 is 0 Å². The molecule has 2 amide bonds. The summed E-state index contributed by atoms with van der Waals surface area (Å²) < 4.78 is 0.936. The third-order valence-electron chi connectivity index (χ3n) is 4.83. The summed E-state index contributed by atoms with van der Waals surface area (Å²) in [6, 6.07) is 19.8. The molecular weight excluding hydrogens is 448 g/mol. The lowest BCUT2D eigenvalue weighted by molar-refractivity contribution is -0.123. The van der Waals surface area contributed by atoms with Gasteiger partial charge in [0.25, 0.3) is 11.1 Å². The number of fused-ring (bicyclic) bond motifs is 1. The molecule has 0 unspecified atom stereocenters. The van der Waals surface area contributed by atoms with E-state index in [0.717, 1.165) is 43.8 Å². The van der Waals surface area contributed by atoms with Gasteiger partial charge < -0.3 is 4.90 Å². The molecule has 4 rings (SSSR count). The molecule has 0 saturated carbocycles. The maximum atomic E-state index is 12.9. The summed E-state index contributed by atoms with van der Waals surface area (Å²) in [6.07, 6.45) is 1.78. The number of rotatable bonds is 4. The molecule has 1 heterocycles. The number of imide groups is 1. The van der Waals surface area contributed by atoms with Crippen molar-refractivity contribution in [2.75, 3.05) is 19.0 Å². The zero-order chi connectivity index (χ0) is 20.5. The number of hydrogen-bond acceptors (Lipinski definition) is 4. The Morgan fingerprint density at radius 1 is 1.03 bits per heavy atom. The molecule has 1 saturated heterocycles. The van der Waals surface area contributed by atoms with E-state index in [4.69, 9.17) is 0 Å². The number of nitrogens with zero attached hydrogens (tertiary/aromatic N) is 2. The first kappa shape index (κ1) is 19.7. The monoisotopic (exact) mass is 466 g/mol. The lowest BCUT2D eigenvalue weighted by atomic mass is 10.0. The van der Waals surface area contributed by atoms with Gasteiger partial charge in [-0.05, 0) is 67.8 Å². The van der Waals surface area contributed by atoms with Crippen molar-refractivity contribution < 1.29 is 9.59 Å². The van der Waals surface area contributed by atoms with Crippen LogP contribution in [0.5, 0.6) is 0 Å². The van der Waals surface area contributed by atoms with Gasteiger partial charge in [0.2, 0.25) is 0 Å². The van der Waals surface area contributed by atoms with Crippen molar-refractivity contribution in [3.05, 3.63) is 81.2 Å². The maximum absolute atomic E-state index is 12.9. The summed E-state index contributed by atoms with van der Waals surface area (Å²) in [5.41, 5.74) is 2.88. The van der Waals surface area contributed by atoms with Gasteiger partial charge in [-0.3, -0.25) is 14.5 Å². The van der Waals surface area contributed by atoms with E-state index in [0.29, 0.717) is 4.91 Å². The number of anilines is 1. The van der Waals surface area contributed by atoms with Crippen LogP contribution < -0.4 is 4.90 Å². The van der Waals surface area contributed by atoms with Gasteiger partial charge in [-0.2, -0.15) is 0 Å². The number of amides is 2. The Morgan fingerprint density at radius 2 is 1.79 bits per heavy atom. The van der Waals surface area contributed by atoms with E-state index >= 15 is 0 Å². The van der Waals surface area contributed by atoms with E-state index in [2.05, 4.69) is 15.9 Å². The van der Waals surface area contributed by atoms with Gasteiger partial charge in [0, 0.05) is 18.6 Å². The second-order valence-electron chi connectivity index (χ2n) is 7.01. The third-order valence-corrected chi connectivity index (χ3v) is 6.38. The molecule has 3 aromatic rings. The molecule has 0 aliphatic carbocycles. The minimum absolute atomic E-state index is 0.238. The molecule has 0 bridgehead atoms. The van der Waals surface area contributed by atoms with E-state index in [9.17, 15) is 9.59 Å². The van der Waals surface area contributed by atoms with Gasteiger partial charge in [-0.1, -0.05) is 48.5 Å². The Kier molecular flexibility index (Phi) is 5.48. The molecule has 1 aliphatic rings. The highest BCUT2D eigenvalue weighted by molar-refractivity contribution is 9.10. The Hall–Kier alpha value is -2.57. The van der Waals surface area contributed by atoms with Gasteiger partial charge in [0.05, 0.1) is 17.1 Å². The van der Waals surface area contributed by atoms with Crippen LogP contribution in [0.3, 0.4) is 0 Å². The fraction of sp³-hybridized carbons (Fsp3) is 0.130. The van der Waals surface area contributed by atoms with E-state index < -0.39 is 0 Å². The summed E-state index contributed by atoms with van der Waals surface area (Å²) in [4.78, 5) is 29.2. The van der Waals surface area contributed by atoms with Crippen LogP contribution in [0.15, 0.2) is 70.0 Å². The maximum Gasteiger partial charge on any atom is 0.293 e. The predicted molar refractivity (Wildman–Crippen MR) is 124 cm³/mol. The van der Waals surface area contributed by atoms with Gasteiger partial charge in [0.1, 0.15) is 0 Å². The van der Waals surface area contributed by atoms with Gasteiger partial charge in [-0.25, -0.2) is 0 Å². The van der Waals surface area contributed by atoms with Crippen LogP contribution in [-0.4, -0.2) is 30.1 Å². The highest BCUT2D eigenvalue weighted by Gasteiger charge is 2.35. The zero-order valence-electron chi connectivity index (χ0n) is 16.1. The largest absolute Gasteiger partial charge is 0.377 e. The van der Waals surface area contributed by atoms with Crippen molar-refractivity contribution in [2.24, 2.45) is 0 Å². The Bertz CT molecular complexity index is 1150. The average molecular weight is 467 g/mol. The molecule has 146 valence electrons. The van der Waals surface area contributed by atoms with E-state index in [1.54, 1.807) is 6.08 Å². The van der Waals surface area contributed by atoms with Crippen molar-refractivity contribution in [3.63, 3.8) is 0 Å². The number of carbonyl (C=O) groups is 2. The summed E-state index contributed by atoms with van der Waals surface area (Å²) in [7, 11) is 3.94. The molecule has 4 nitrogen and oxygen atoms in total. The Balaban J connectivity index is 1.60. The van der Waals surface area contributed by atoms with Crippen LogP contribution in [0.1, 0.15) is 11.1 Å². The first-order valence-corrected chi connectivity index (χ1v) is 10.7. The molecule has 3 aromatic carbocycles. The fourth-order valence-electron chi connectivity index (χ4n) is 3.36. The number of thioether (sulfide) groups is 1. The van der Waals surface area contributed by atoms with Crippen LogP contribution in [0, 0.1) is 0 Å². The quantitative estimate of drug-likeness (QED) is 0.448. The first-order valence-electron chi connectivity index (χ1n) is 9.13. The van der Waals surface area contributed by atoms with Crippen LogP contribution in [0.2, 0.25) is 0 Å². The average Bonchev–Trinajstić information content (AvgIpc) is 2.95. The normalized spacial score (nSPS) is 15.6. The Morgan fingerprint density at radius 3 is 2.55 bits per heavy atom. The number of benzene rings is 3. The molecular formula is C23H19BrN2O2S. The zero-order valence-corrected chi connectivity index (χ0v) is 18.5. The number of halogens is 1. The lowest BCUT2D eigenvalue weighted by Gasteiger charge is -2.15. The van der Waals surface area contributed by atoms with Crippen LogP contribution in [-0.2, 0) is 11.3 Å². The standard InChI is InChI=1S/C23H19BrN2O2S/c1-25(2)20-11-10-15(12-19(20)24)13-21-22(27)26(23(28)29-21)14-17-8-5-7-16-6-3-4-9-18(16)17/h3-13H,14H2,1-2H3/b21-13-. The van der Waals surface area contributed by atoms with E-state index in [1.807, 2.05) is 79.7 Å². The minimum atomic E-state index is -0.249. The second kappa shape index (κ2) is 8.05. The van der Waals surface area contributed by atoms with Crippen molar-refractivity contribution in [1.82, 2.24) is 4.90 Å². The molecule has 29 heavy (non-hydrogen) atoms. The van der Waals surface area contributed by atoms with E-state index in [-0.39, 0.29) is 17.7 Å². The van der Waals surface area contributed by atoms with Crippen LogP contribution in [0.4, 0.5) is 10.5 Å². The molecule has 0 spiro atoms. The Labute approximate surface area is 182 Å². The van der Waals surface area contributed by atoms with Crippen molar-refractivity contribution in [1.29, 1.82) is 0 Å². The number of hydrogen-bond donors (Lipinski definition) is 0. The van der Waals surface area contributed by atoms with Crippen LogP contribution >= 0.6 is 27.7 Å². The lowest BCUT2D eigenvalue weighted by Crippen LogP contribution is -2.27. The molecule has 0 radical (unpaired) electrons.